The first-order chi connectivity index (χ1) is 20.1. The van der Waals surface area contributed by atoms with Crippen molar-refractivity contribution in [2.75, 3.05) is 31.1 Å². The molecule has 1 saturated heterocycles. The van der Waals surface area contributed by atoms with E-state index in [9.17, 15) is 13.2 Å². The Hall–Kier alpha value is -3.19. The summed E-state index contributed by atoms with van der Waals surface area (Å²) in [6, 6.07) is 9.72. The highest BCUT2D eigenvalue weighted by molar-refractivity contribution is 7.90. The first-order valence-corrected chi connectivity index (χ1v) is 17.0. The number of ketones is 1. The molecule has 1 aliphatic rings. The van der Waals surface area contributed by atoms with E-state index in [4.69, 9.17) is 9.97 Å². The van der Waals surface area contributed by atoms with Crippen molar-refractivity contribution in [2.45, 2.75) is 64.8 Å². The monoisotopic (exact) mass is 609 g/mol. The molecule has 0 unspecified atom stereocenters. The number of fused-ring (bicyclic) bond motifs is 1. The first-order valence-electron chi connectivity index (χ1n) is 14.5. The fourth-order valence-corrected chi connectivity index (χ4v) is 6.79. The summed E-state index contributed by atoms with van der Waals surface area (Å²) in [5.74, 6) is 0.696. The third kappa shape index (κ3) is 6.41. The first kappa shape index (κ1) is 30.3. The van der Waals surface area contributed by atoms with Crippen LogP contribution in [-0.4, -0.2) is 82.2 Å². The molecule has 4 aromatic heterocycles. The zero-order valence-electron chi connectivity index (χ0n) is 24.8. The lowest BCUT2D eigenvalue weighted by molar-refractivity contribution is 0.0964. The summed E-state index contributed by atoms with van der Waals surface area (Å²) >= 11 is 1.62. The second-order valence-electron chi connectivity index (χ2n) is 11.1. The third-order valence-corrected chi connectivity index (χ3v) is 10.7. The molecule has 0 aliphatic carbocycles. The normalized spacial score (nSPS) is 15.1. The zero-order chi connectivity index (χ0) is 30.0. The predicted octanol–water partition coefficient (Wildman–Crippen LogP) is 4.73. The van der Waals surface area contributed by atoms with Gasteiger partial charge in [0.2, 0.25) is 10.0 Å². The standard InChI is InChI=1S/C30H39N7O3S2/c1-6-35(7-2)21(5)10-11-27(38)22-15-26(32-29(16-22)36-18-23(19-36)34-42(39,40)20(3)4)24-17-31-37-13-12-25(33-30(24)37)28-9-8-14-41-28/h8-9,12-17,20-21,23,34H,6-7,10-11,18-19H2,1-5H3/t21-/m0/s1. The zero-order valence-corrected chi connectivity index (χ0v) is 26.5. The number of hydrogen-bond acceptors (Lipinski definition) is 9. The highest BCUT2D eigenvalue weighted by Crippen LogP contribution is 2.31. The van der Waals surface area contributed by atoms with Gasteiger partial charge in [-0.15, -0.1) is 11.3 Å². The molecular weight excluding hydrogens is 571 g/mol. The van der Waals surface area contributed by atoms with E-state index < -0.39 is 15.3 Å². The number of rotatable bonds is 13. The summed E-state index contributed by atoms with van der Waals surface area (Å²) in [5.41, 5.74) is 3.44. The molecule has 5 heterocycles. The quantitative estimate of drug-likeness (QED) is 0.217. The number of thiophene rings is 1. The van der Waals surface area contributed by atoms with Gasteiger partial charge in [0.15, 0.2) is 11.4 Å². The number of carbonyl (C=O) groups is 1. The summed E-state index contributed by atoms with van der Waals surface area (Å²) in [4.78, 5) is 28.8. The van der Waals surface area contributed by atoms with Gasteiger partial charge >= 0.3 is 0 Å². The van der Waals surface area contributed by atoms with Crippen LogP contribution in [0.1, 0.15) is 57.8 Å². The van der Waals surface area contributed by atoms with Gasteiger partial charge in [0.05, 0.1) is 39.3 Å². The van der Waals surface area contributed by atoms with Gasteiger partial charge in [0.25, 0.3) is 0 Å². The Morgan fingerprint density at radius 3 is 2.55 bits per heavy atom. The fourth-order valence-electron chi connectivity index (χ4n) is 5.21. The smallest absolute Gasteiger partial charge is 0.214 e. The highest BCUT2D eigenvalue weighted by Gasteiger charge is 2.33. The average Bonchev–Trinajstić information content (AvgIpc) is 3.64. The molecule has 0 bridgehead atoms. The number of hydrogen-bond donors (Lipinski definition) is 1. The molecule has 12 heteroatoms. The van der Waals surface area contributed by atoms with E-state index in [2.05, 4.69) is 35.5 Å². The Balaban J connectivity index is 1.46. The van der Waals surface area contributed by atoms with Crippen molar-refractivity contribution in [3.8, 4) is 21.8 Å². The molecule has 1 aliphatic heterocycles. The lowest BCUT2D eigenvalue weighted by Gasteiger charge is -2.40. The molecule has 0 amide bonds. The second-order valence-corrected chi connectivity index (χ2v) is 14.3. The minimum atomic E-state index is -3.38. The molecule has 4 aromatic rings. The van der Waals surface area contributed by atoms with Crippen molar-refractivity contribution < 1.29 is 13.2 Å². The average molecular weight is 610 g/mol. The number of Topliss-reactive ketones (excluding diaryl/α,β-unsaturated/α-hetero) is 1. The number of sulfonamides is 1. The molecule has 1 fully saturated rings. The van der Waals surface area contributed by atoms with E-state index in [1.165, 1.54) is 0 Å². The number of anilines is 1. The van der Waals surface area contributed by atoms with E-state index >= 15 is 0 Å². The molecule has 0 aromatic carbocycles. The molecule has 0 spiro atoms. The SMILES string of the molecule is CCN(CC)[C@@H](C)CCC(=O)c1cc(-c2cnn3ccc(-c4cccs4)nc23)nc(N2CC(NS(=O)(=O)C(C)C)C2)c1. The molecular formula is C30H39N7O3S2. The topological polar surface area (TPSA) is 113 Å². The minimum absolute atomic E-state index is 0.0557. The molecule has 1 atom stereocenters. The van der Waals surface area contributed by atoms with Crippen LogP contribution in [0.4, 0.5) is 5.82 Å². The lowest BCUT2D eigenvalue weighted by Crippen LogP contribution is -2.60. The van der Waals surface area contributed by atoms with E-state index in [0.29, 0.717) is 48.3 Å². The molecule has 1 N–H and O–H groups in total. The van der Waals surface area contributed by atoms with Crippen molar-refractivity contribution in [2.24, 2.45) is 0 Å². The maximum absolute atomic E-state index is 13.6. The van der Waals surface area contributed by atoms with E-state index in [-0.39, 0.29) is 11.8 Å². The maximum atomic E-state index is 13.6. The Kier molecular flexibility index (Phi) is 9.07. The van der Waals surface area contributed by atoms with Crippen molar-refractivity contribution in [1.29, 1.82) is 0 Å². The van der Waals surface area contributed by atoms with Gasteiger partial charge in [0.1, 0.15) is 5.82 Å². The van der Waals surface area contributed by atoms with Crippen LogP contribution >= 0.6 is 11.3 Å². The number of pyridine rings is 1. The fraction of sp³-hybridized carbons (Fsp3) is 0.467. The summed E-state index contributed by atoms with van der Waals surface area (Å²) in [6.07, 6.45) is 4.80. The van der Waals surface area contributed by atoms with Crippen LogP contribution in [0.15, 0.2) is 48.1 Å². The van der Waals surface area contributed by atoms with Crippen LogP contribution in [0.3, 0.4) is 0 Å². The summed E-state index contributed by atoms with van der Waals surface area (Å²) in [5, 5.41) is 6.02. The molecule has 0 radical (unpaired) electrons. The summed E-state index contributed by atoms with van der Waals surface area (Å²) in [7, 11) is -3.38. The number of aromatic nitrogens is 4. The van der Waals surface area contributed by atoms with Gasteiger partial charge in [0, 0.05) is 37.3 Å². The number of nitrogens with zero attached hydrogens (tertiary/aromatic N) is 6. The Morgan fingerprint density at radius 2 is 1.88 bits per heavy atom. The number of carbonyl (C=O) groups excluding carboxylic acids is 1. The van der Waals surface area contributed by atoms with E-state index in [0.717, 1.165) is 35.6 Å². The second kappa shape index (κ2) is 12.6. The van der Waals surface area contributed by atoms with Gasteiger partial charge in [-0.1, -0.05) is 19.9 Å². The summed E-state index contributed by atoms with van der Waals surface area (Å²) < 4.78 is 29.2. The Labute approximate surface area is 251 Å². The van der Waals surface area contributed by atoms with Gasteiger partial charge in [-0.25, -0.2) is 27.6 Å². The van der Waals surface area contributed by atoms with Gasteiger partial charge < -0.3 is 9.80 Å². The Bertz CT molecular complexity index is 1640. The largest absolute Gasteiger partial charge is 0.353 e. The lowest BCUT2D eigenvalue weighted by atomic mass is 10.0. The maximum Gasteiger partial charge on any atom is 0.214 e. The van der Waals surface area contributed by atoms with Gasteiger partial charge in [-0.2, -0.15) is 5.10 Å². The molecule has 224 valence electrons. The highest BCUT2D eigenvalue weighted by atomic mass is 32.2. The van der Waals surface area contributed by atoms with Crippen molar-refractivity contribution in [1.82, 2.24) is 29.2 Å². The number of nitrogens with one attached hydrogen (secondary N) is 1. The molecule has 10 nitrogen and oxygen atoms in total. The Morgan fingerprint density at radius 1 is 1.12 bits per heavy atom. The van der Waals surface area contributed by atoms with E-state index in [1.54, 1.807) is 35.9 Å². The molecule has 5 rings (SSSR count). The van der Waals surface area contributed by atoms with E-state index in [1.807, 2.05) is 46.8 Å². The summed E-state index contributed by atoms with van der Waals surface area (Å²) in [6.45, 7) is 12.6. The van der Waals surface area contributed by atoms with Crippen LogP contribution in [0.2, 0.25) is 0 Å². The van der Waals surface area contributed by atoms with Crippen LogP contribution in [-0.2, 0) is 10.0 Å². The van der Waals surface area contributed by atoms with Crippen LogP contribution in [0.5, 0.6) is 0 Å². The third-order valence-electron chi connectivity index (χ3n) is 7.93. The minimum Gasteiger partial charge on any atom is -0.353 e. The van der Waals surface area contributed by atoms with Crippen LogP contribution < -0.4 is 9.62 Å². The molecule has 0 saturated carbocycles. The molecule has 42 heavy (non-hydrogen) atoms. The van der Waals surface area contributed by atoms with Crippen LogP contribution in [0, 0.1) is 0 Å². The van der Waals surface area contributed by atoms with Crippen molar-refractivity contribution in [3.05, 3.63) is 53.7 Å². The van der Waals surface area contributed by atoms with Gasteiger partial charge in [-0.3, -0.25) is 4.79 Å². The van der Waals surface area contributed by atoms with Crippen LogP contribution in [0.25, 0.3) is 27.5 Å². The van der Waals surface area contributed by atoms with Gasteiger partial charge in [-0.05, 0) is 69.9 Å². The van der Waals surface area contributed by atoms with Crippen molar-refractivity contribution in [3.63, 3.8) is 0 Å². The predicted molar refractivity (Wildman–Crippen MR) is 169 cm³/mol. The van der Waals surface area contributed by atoms with Crippen molar-refractivity contribution >= 4 is 38.6 Å².